The van der Waals surface area contributed by atoms with E-state index in [4.69, 9.17) is 20.8 Å². The molecule has 39 heavy (non-hydrogen) atoms. The van der Waals surface area contributed by atoms with Crippen LogP contribution in [0.4, 0.5) is 16.0 Å². The molecule has 0 radical (unpaired) electrons. The third-order valence-corrected chi connectivity index (χ3v) is 6.83. The molecule has 7 nitrogen and oxygen atoms in total. The minimum atomic E-state index is -0.678. The molecule has 1 fully saturated rings. The van der Waals surface area contributed by atoms with Crippen molar-refractivity contribution < 1.29 is 39.4 Å². The Labute approximate surface area is 244 Å². The number of pyridine rings is 1. The van der Waals surface area contributed by atoms with Gasteiger partial charge in [-0.2, -0.15) is 0 Å². The molecule has 10 heteroatoms. The van der Waals surface area contributed by atoms with Gasteiger partial charge in [-0.3, -0.25) is 4.79 Å². The fourth-order valence-electron chi connectivity index (χ4n) is 4.78. The largest absolute Gasteiger partial charge is 0.440 e. The van der Waals surface area contributed by atoms with E-state index in [0.717, 1.165) is 11.1 Å². The molecular weight excluding hydrogens is 704 g/mol. The van der Waals surface area contributed by atoms with Gasteiger partial charge in [0.15, 0.2) is 5.43 Å². The maximum Gasteiger partial charge on any atom is 0.203 e. The van der Waals surface area contributed by atoms with Crippen molar-refractivity contribution in [2.45, 2.75) is 26.8 Å². The molecule has 1 N–H and O–H groups in total. The number of fused-ring (bicyclic) bond motifs is 1. The summed E-state index contributed by atoms with van der Waals surface area (Å²) in [5, 5.41) is 4.15. The Kier molecular flexibility index (Phi) is 8.89. The van der Waals surface area contributed by atoms with Crippen LogP contribution < -0.4 is 15.6 Å². The minimum absolute atomic E-state index is 0. The van der Waals surface area contributed by atoms with Gasteiger partial charge in [-0.15, -0.1) is 17.7 Å². The maximum atomic E-state index is 14.2. The summed E-state index contributed by atoms with van der Waals surface area (Å²) in [6.45, 7) is 8.06. The van der Waals surface area contributed by atoms with Crippen molar-refractivity contribution in [3.05, 3.63) is 85.9 Å². The molecule has 206 valence electrons. The monoisotopic (exact) mass is 729 g/mol. The summed E-state index contributed by atoms with van der Waals surface area (Å²) >= 11 is 6.18. The fourth-order valence-corrected chi connectivity index (χ4v) is 4.93. The Morgan fingerprint density at radius 2 is 1.92 bits per heavy atom. The van der Waals surface area contributed by atoms with Crippen LogP contribution in [-0.4, -0.2) is 37.6 Å². The molecule has 3 heterocycles. The normalized spacial score (nSPS) is 14.1. The molecular formula is C29H26ClFN3O4Pt-. The first-order chi connectivity index (χ1) is 18.2. The van der Waals surface area contributed by atoms with Crippen LogP contribution in [0, 0.1) is 25.7 Å². The van der Waals surface area contributed by atoms with Gasteiger partial charge in [0.05, 0.1) is 47.9 Å². The van der Waals surface area contributed by atoms with Gasteiger partial charge >= 0.3 is 0 Å². The number of hydrogen-bond acceptors (Lipinski definition) is 7. The van der Waals surface area contributed by atoms with Crippen molar-refractivity contribution in [2.75, 3.05) is 36.5 Å². The van der Waals surface area contributed by atoms with Crippen molar-refractivity contribution in [1.29, 1.82) is 0 Å². The van der Waals surface area contributed by atoms with E-state index >= 15 is 0 Å². The topological polar surface area (TPSA) is 84.7 Å². The predicted molar refractivity (Wildman–Crippen MR) is 146 cm³/mol. The molecule has 1 unspecified atom stereocenters. The van der Waals surface area contributed by atoms with Crippen molar-refractivity contribution in [3.63, 3.8) is 0 Å². The number of carbonyl (C=O) groups is 1. The number of ether oxygens (including phenoxy) is 1. The molecule has 0 spiro atoms. The zero-order valence-electron chi connectivity index (χ0n) is 21.5. The number of nitrogens with one attached hydrogen (secondary N) is 1. The zero-order chi connectivity index (χ0) is 27.0. The van der Waals surface area contributed by atoms with Gasteiger partial charge in [-0.1, -0.05) is 29.3 Å². The van der Waals surface area contributed by atoms with Gasteiger partial charge < -0.3 is 24.2 Å². The van der Waals surface area contributed by atoms with Gasteiger partial charge in [-0.25, -0.2) is 9.37 Å². The van der Waals surface area contributed by atoms with Crippen LogP contribution in [0.2, 0.25) is 5.15 Å². The molecule has 2 aromatic heterocycles. The van der Waals surface area contributed by atoms with E-state index < -0.39 is 5.82 Å². The van der Waals surface area contributed by atoms with Gasteiger partial charge in [0, 0.05) is 45.5 Å². The quantitative estimate of drug-likeness (QED) is 0.151. The number of hydrogen-bond donors (Lipinski definition) is 1. The van der Waals surface area contributed by atoms with Gasteiger partial charge in [0.2, 0.25) is 5.88 Å². The van der Waals surface area contributed by atoms with E-state index in [-0.39, 0.29) is 43.3 Å². The molecule has 0 aliphatic carbocycles. The number of morpholine rings is 1. The molecule has 5 rings (SSSR count). The third kappa shape index (κ3) is 5.93. The van der Waals surface area contributed by atoms with E-state index in [1.807, 2.05) is 30.9 Å². The number of aromatic nitrogens is 1. The van der Waals surface area contributed by atoms with E-state index in [9.17, 15) is 14.0 Å². The van der Waals surface area contributed by atoms with E-state index in [0.29, 0.717) is 72.0 Å². The van der Waals surface area contributed by atoms with Crippen molar-refractivity contribution in [3.8, 4) is 11.3 Å². The summed E-state index contributed by atoms with van der Waals surface area (Å²) in [6, 6.07) is 12.0. The molecule has 1 saturated heterocycles. The Bertz CT molecular complexity index is 1600. The molecule has 1 atom stereocenters. The van der Waals surface area contributed by atoms with E-state index in [1.54, 1.807) is 19.1 Å². The van der Waals surface area contributed by atoms with Crippen molar-refractivity contribution >= 4 is 40.4 Å². The van der Waals surface area contributed by atoms with Crippen LogP contribution in [0.15, 0.2) is 45.6 Å². The van der Waals surface area contributed by atoms with Gasteiger partial charge in [0.1, 0.15) is 10.7 Å². The second-order valence-electron chi connectivity index (χ2n) is 9.38. The average molecular weight is 730 g/mol. The van der Waals surface area contributed by atoms with Crippen LogP contribution in [0.25, 0.3) is 22.2 Å². The number of benzene rings is 2. The summed E-state index contributed by atoms with van der Waals surface area (Å²) in [5.74, 6) is -0.128. The fraction of sp³-hybridized carbons (Fsp3) is 0.276. The van der Waals surface area contributed by atoms with E-state index in [1.165, 1.54) is 12.1 Å². The minimum Gasteiger partial charge on any atom is -0.440 e. The van der Waals surface area contributed by atoms with Crippen LogP contribution in [0.5, 0.6) is 0 Å². The first-order valence-corrected chi connectivity index (χ1v) is 12.6. The summed E-state index contributed by atoms with van der Waals surface area (Å²) in [4.78, 5) is 31.2. The molecule has 0 amide bonds. The number of aldehydes is 1. The number of nitrogens with zero attached hydrogens (tertiary/aromatic N) is 2. The Balaban J connectivity index is 0.00000353. The molecule has 1 aliphatic rings. The molecule has 0 bridgehead atoms. The van der Waals surface area contributed by atoms with Crippen LogP contribution >= 0.6 is 11.6 Å². The van der Waals surface area contributed by atoms with Gasteiger partial charge in [0.25, 0.3) is 0 Å². The Morgan fingerprint density at radius 3 is 2.64 bits per heavy atom. The Morgan fingerprint density at radius 1 is 1.18 bits per heavy atom. The first kappa shape index (κ1) is 28.9. The first-order valence-electron chi connectivity index (χ1n) is 12.3. The van der Waals surface area contributed by atoms with E-state index in [2.05, 4.69) is 16.4 Å². The molecule has 4 aromatic rings. The molecule has 1 aliphatic heterocycles. The maximum absolute atomic E-state index is 14.2. The molecule has 2 aromatic carbocycles. The standard InChI is InChI=1S/C29H26ClFN3O4.Pt/c1-16-10-22(28-23(11-16)27(36)17(2)29(38-28)34-6-8-37-9-7-34)18(3)32-24-4-5-25(30)33-26(24)20-12-19(15-35)13-21(31)14-20;/h4-5,10-12,14-15,18,32H,6-9H2,1-3H3;/q-1;. The summed E-state index contributed by atoms with van der Waals surface area (Å²) in [5.41, 5.74) is 4.09. The van der Waals surface area contributed by atoms with Crippen LogP contribution in [0.3, 0.4) is 0 Å². The smallest absolute Gasteiger partial charge is 0.203 e. The van der Waals surface area contributed by atoms with Crippen molar-refractivity contribution in [1.82, 2.24) is 4.98 Å². The number of anilines is 2. The zero-order valence-corrected chi connectivity index (χ0v) is 24.6. The SMILES string of the molecule is Cc1cc(C(C)Nc2ccc(Cl)nc2-c2cc(F)[c-]c(C=O)c2)c2oc(N3CCOCC3)c(C)c(=O)c2c1.[Pt]. The summed E-state index contributed by atoms with van der Waals surface area (Å²) in [7, 11) is 0. The second kappa shape index (κ2) is 12.0. The van der Waals surface area contributed by atoms with Crippen molar-refractivity contribution in [2.24, 2.45) is 0 Å². The molecule has 0 saturated carbocycles. The third-order valence-electron chi connectivity index (χ3n) is 6.62. The van der Waals surface area contributed by atoms with Crippen LogP contribution in [0.1, 0.15) is 40.0 Å². The number of aryl methyl sites for hydroxylation is 1. The predicted octanol–water partition coefficient (Wildman–Crippen LogP) is 5.88. The number of halogens is 2. The average Bonchev–Trinajstić information content (AvgIpc) is 2.91. The Hall–Kier alpha value is -3.06. The number of rotatable bonds is 6. The second-order valence-corrected chi connectivity index (χ2v) is 9.77. The van der Waals surface area contributed by atoms with Crippen LogP contribution in [-0.2, 0) is 25.8 Å². The summed E-state index contributed by atoms with van der Waals surface area (Å²) < 4.78 is 26.1. The van der Waals surface area contributed by atoms with Gasteiger partial charge in [-0.05, 0) is 44.5 Å². The number of carbonyl (C=O) groups excluding carboxylic acids is 1. The summed E-state index contributed by atoms with van der Waals surface area (Å²) in [6.07, 6.45) is 0.530.